The standard InChI is InChI=1S/C39H77NO5/c1-3-5-7-9-11-13-15-17-18-19-20-21-23-25-27-29-31-33-37(43)39(45)40-35(34-41)38(44)36(42)32-30-28-26-24-22-16-14-12-10-8-6-4-2/h24,26,35-38,41-44H,3-23,25,27-34H2,1-2H3,(H,40,45). The molecule has 0 saturated heterocycles. The molecular formula is C39H77NO5. The van der Waals surface area contributed by atoms with Crippen LogP contribution in [0.15, 0.2) is 12.2 Å². The largest absolute Gasteiger partial charge is 0.394 e. The number of amides is 1. The minimum Gasteiger partial charge on any atom is -0.394 e. The first-order valence-corrected chi connectivity index (χ1v) is 19.6. The summed E-state index contributed by atoms with van der Waals surface area (Å²) in [4.78, 5) is 12.4. The lowest BCUT2D eigenvalue weighted by Crippen LogP contribution is -2.53. The van der Waals surface area contributed by atoms with Gasteiger partial charge in [-0.05, 0) is 38.5 Å². The molecule has 0 aliphatic heterocycles. The Balaban J connectivity index is 3.79. The smallest absolute Gasteiger partial charge is 0.249 e. The van der Waals surface area contributed by atoms with E-state index in [-0.39, 0.29) is 0 Å². The van der Waals surface area contributed by atoms with Crippen LogP contribution in [0.2, 0.25) is 0 Å². The Kier molecular flexibility index (Phi) is 33.7. The summed E-state index contributed by atoms with van der Waals surface area (Å²) < 4.78 is 0. The molecule has 6 heteroatoms. The molecule has 1 amide bonds. The van der Waals surface area contributed by atoms with Crippen molar-refractivity contribution in [3.8, 4) is 0 Å². The Labute approximate surface area is 279 Å². The molecule has 268 valence electrons. The van der Waals surface area contributed by atoms with Gasteiger partial charge in [0.15, 0.2) is 0 Å². The highest BCUT2D eigenvalue weighted by molar-refractivity contribution is 5.80. The average molecular weight is 640 g/mol. The zero-order valence-corrected chi connectivity index (χ0v) is 29.9. The number of hydrogen-bond acceptors (Lipinski definition) is 5. The van der Waals surface area contributed by atoms with Gasteiger partial charge in [0.2, 0.25) is 5.91 Å². The van der Waals surface area contributed by atoms with Crippen LogP contribution in [-0.4, -0.2) is 57.3 Å². The van der Waals surface area contributed by atoms with Gasteiger partial charge >= 0.3 is 0 Å². The Hall–Kier alpha value is -0.950. The number of unbranched alkanes of at least 4 members (excludes halogenated alkanes) is 24. The van der Waals surface area contributed by atoms with Crippen molar-refractivity contribution in [2.45, 2.75) is 224 Å². The molecule has 4 atom stereocenters. The molecule has 0 spiro atoms. The lowest BCUT2D eigenvalue weighted by Gasteiger charge is -2.27. The van der Waals surface area contributed by atoms with E-state index in [9.17, 15) is 25.2 Å². The molecule has 6 nitrogen and oxygen atoms in total. The van der Waals surface area contributed by atoms with Gasteiger partial charge in [-0.1, -0.05) is 174 Å². The van der Waals surface area contributed by atoms with Gasteiger partial charge in [-0.3, -0.25) is 4.79 Å². The van der Waals surface area contributed by atoms with Crippen molar-refractivity contribution in [3.05, 3.63) is 12.2 Å². The number of nitrogens with one attached hydrogen (secondary N) is 1. The Morgan fingerprint density at radius 1 is 0.533 bits per heavy atom. The minimum atomic E-state index is -1.27. The van der Waals surface area contributed by atoms with Gasteiger partial charge in [-0.25, -0.2) is 0 Å². The molecule has 45 heavy (non-hydrogen) atoms. The fourth-order valence-electron chi connectivity index (χ4n) is 6.05. The molecule has 5 N–H and O–H groups in total. The van der Waals surface area contributed by atoms with Gasteiger partial charge in [0.1, 0.15) is 12.2 Å². The minimum absolute atomic E-state index is 0.367. The molecule has 0 aromatic carbocycles. The van der Waals surface area contributed by atoms with Crippen LogP contribution in [0.1, 0.15) is 200 Å². The van der Waals surface area contributed by atoms with Crippen LogP contribution >= 0.6 is 0 Å². The van der Waals surface area contributed by atoms with Crippen molar-refractivity contribution >= 4 is 5.91 Å². The van der Waals surface area contributed by atoms with E-state index in [1.807, 2.05) is 0 Å². The van der Waals surface area contributed by atoms with Gasteiger partial charge in [0.25, 0.3) is 0 Å². The Morgan fingerprint density at radius 3 is 1.33 bits per heavy atom. The molecule has 0 aliphatic carbocycles. The fraction of sp³-hybridized carbons (Fsp3) is 0.923. The third kappa shape index (κ3) is 29.0. The van der Waals surface area contributed by atoms with Crippen molar-refractivity contribution in [3.63, 3.8) is 0 Å². The van der Waals surface area contributed by atoms with Crippen molar-refractivity contribution in [1.82, 2.24) is 5.32 Å². The zero-order chi connectivity index (χ0) is 33.2. The molecule has 0 heterocycles. The first-order chi connectivity index (χ1) is 22.0. The third-order valence-corrected chi connectivity index (χ3v) is 9.23. The lowest BCUT2D eigenvalue weighted by molar-refractivity contribution is -0.132. The zero-order valence-electron chi connectivity index (χ0n) is 29.9. The number of allylic oxidation sites excluding steroid dienone is 2. The molecule has 0 aliphatic rings. The maximum absolute atomic E-state index is 12.4. The van der Waals surface area contributed by atoms with Gasteiger partial charge < -0.3 is 25.7 Å². The number of aliphatic hydroxyl groups excluding tert-OH is 4. The third-order valence-electron chi connectivity index (χ3n) is 9.23. The summed E-state index contributed by atoms with van der Waals surface area (Å²) in [7, 11) is 0. The highest BCUT2D eigenvalue weighted by Gasteiger charge is 2.28. The summed E-state index contributed by atoms with van der Waals surface area (Å²) in [5.74, 6) is -0.593. The maximum atomic E-state index is 12.4. The van der Waals surface area contributed by atoms with Gasteiger partial charge in [0, 0.05) is 0 Å². The molecular weight excluding hydrogens is 562 g/mol. The lowest BCUT2D eigenvalue weighted by atomic mass is 10.00. The SMILES string of the molecule is CCCCCCCCCC=CCCCC(O)C(O)C(CO)NC(=O)C(O)CCCCCCCCCCCCCCCCCCC. The quantitative estimate of drug-likeness (QED) is 0.0350. The van der Waals surface area contributed by atoms with Gasteiger partial charge in [-0.15, -0.1) is 0 Å². The monoisotopic (exact) mass is 640 g/mol. The molecule has 4 unspecified atom stereocenters. The number of hydrogen-bond donors (Lipinski definition) is 5. The maximum Gasteiger partial charge on any atom is 0.249 e. The second kappa shape index (κ2) is 34.4. The topological polar surface area (TPSA) is 110 Å². The predicted octanol–water partition coefficient (Wildman–Crippen LogP) is 9.46. The van der Waals surface area contributed by atoms with Crippen LogP contribution in [0, 0.1) is 0 Å². The van der Waals surface area contributed by atoms with Crippen LogP contribution in [0.5, 0.6) is 0 Å². The number of carbonyl (C=O) groups excluding carboxylic acids is 1. The van der Waals surface area contributed by atoms with E-state index in [2.05, 4.69) is 31.3 Å². The Bertz CT molecular complexity index is 643. The van der Waals surface area contributed by atoms with E-state index in [0.29, 0.717) is 12.8 Å². The summed E-state index contributed by atoms with van der Waals surface area (Å²) in [5.41, 5.74) is 0. The van der Waals surface area contributed by atoms with E-state index in [4.69, 9.17) is 0 Å². The van der Waals surface area contributed by atoms with Crippen molar-refractivity contribution in [2.24, 2.45) is 0 Å². The van der Waals surface area contributed by atoms with Crippen LogP contribution in [0.4, 0.5) is 0 Å². The fourth-order valence-corrected chi connectivity index (χ4v) is 6.05. The highest BCUT2D eigenvalue weighted by Crippen LogP contribution is 2.15. The molecule has 0 rings (SSSR count). The van der Waals surface area contributed by atoms with Crippen LogP contribution < -0.4 is 5.32 Å². The molecule has 0 fully saturated rings. The second-order valence-corrected chi connectivity index (χ2v) is 13.6. The van der Waals surface area contributed by atoms with Crippen molar-refractivity contribution < 1.29 is 25.2 Å². The first-order valence-electron chi connectivity index (χ1n) is 19.6. The van der Waals surface area contributed by atoms with E-state index in [1.165, 1.54) is 135 Å². The normalized spacial score (nSPS) is 14.5. The summed E-state index contributed by atoms with van der Waals surface area (Å²) in [6, 6.07) is -0.995. The summed E-state index contributed by atoms with van der Waals surface area (Å²) in [6.45, 7) is 4.02. The molecule has 0 aromatic heterocycles. The summed E-state index contributed by atoms with van der Waals surface area (Å²) in [5, 5.41) is 43.4. The van der Waals surface area contributed by atoms with Gasteiger partial charge in [0.05, 0.1) is 18.8 Å². The second-order valence-electron chi connectivity index (χ2n) is 13.6. The predicted molar refractivity (Wildman–Crippen MR) is 191 cm³/mol. The van der Waals surface area contributed by atoms with Crippen molar-refractivity contribution in [2.75, 3.05) is 6.61 Å². The average Bonchev–Trinajstić information content (AvgIpc) is 3.04. The van der Waals surface area contributed by atoms with Gasteiger partial charge in [-0.2, -0.15) is 0 Å². The number of rotatable bonds is 35. The highest BCUT2D eigenvalue weighted by atomic mass is 16.3. The van der Waals surface area contributed by atoms with Crippen LogP contribution in [-0.2, 0) is 4.79 Å². The van der Waals surface area contributed by atoms with E-state index >= 15 is 0 Å². The molecule has 0 saturated carbocycles. The number of carbonyl (C=O) groups is 1. The Morgan fingerprint density at radius 2 is 0.911 bits per heavy atom. The molecule has 0 radical (unpaired) electrons. The van der Waals surface area contributed by atoms with E-state index in [1.54, 1.807) is 0 Å². The van der Waals surface area contributed by atoms with Crippen LogP contribution in [0.25, 0.3) is 0 Å². The molecule has 0 bridgehead atoms. The number of aliphatic hydroxyl groups is 4. The molecule has 0 aromatic rings. The summed E-state index contributed by atoms with van der Waals surface area (Å²) in [6.07, 6.45) is 35.2. The first kappa shape index (κ1) is 44.0. The summed E-state index contributed by atoms with van der Waals surface area (Å²) >= 11 is 0. The van der Waals surface area contributed by atoms with E-state index in [0.717, 1.165) is 38.5 Å². The van der Waals surface area contributed by atoms with E-state index < -0.39 is 36.9 Å². The van der Waals surface area contributed by atoms with Crippen LogP contribution in [0.3, 0.4) is 0 Å². The van der Waals surface area contributed by atoms with Crippen molar-refractivity contribution in [1.29, 1.82) is 0 Å².